The van der Waals surface area contributed by atoms with Crippen LogP contribution in [0.1, 0.15) is 35.0 Å². The van der Waals surface area contributed by atoms with Crippen LogP contribution in [0.2, 0.25) is 0 Å². The minimum absolute atomic E-state index is 0.0838. The van der Waals surface area contributed by atoms with Gasteiger partial charge in [-0.2, -0.15) is 4.31 Å². The number of carbonyl (C=O) groups is 1. The summed E-state index contributed by atoms with van der Waals surface area (Å²) in [6, 6.07) is 8.31. The molecule has 2 aromatic rings. The van der Waals surface area contributed by atoms with Gasteiger partial charge in [-0.3, -0.25) is 4.79 Å². The van der Waals surface area contributed by atoms with Gasteiger partial charge < -0.3 is 9.73 Å². The lowest BCUT2D eigenvalue weighted by Crippen LogP contribution is -2.46. The summed E-state index contributed by atoms with van der Waals surface area (Å²) >= 11 is 0. The zero-order chi connectivity index (χ0) is 18.0. The van der Waals surface area contributed by atoms with Crippen LogP contribution in [0, 0.1) is 13.8 Å². The Balaban J connectivity index is 1.61. The number of aryl methyl sites for hydroxylation is 2. The summed E-state index contributed by atoms with van der Waals surface area (Å²) in [5, 5.41) is 2.91. The molecule has 1 aromatic carbocycles. The number of hydrogen-bond acceptors (Lipinski definition) is 5. The van der Waals surface area contributed by atoms with Gasteiger partial charge in [-0.1, -0.05) is 18.2 Å². The quantitative estimate of drug-likeness (QED) is 0.895. The molecule has 0 spiro atoms. The van der Waals surface area contributed by atoms with Crippen LogP contribution in [0.4, 0.5) is 0 Å². The van der Waals surface area contributed by atoms with Crippen molar-refractivity contribution in [2.45, 2.75) is 37.6 Å². The number of oxazole rings is 1. The molecule has 7 nitrogen and oxygen atoms in total. The van der Waals surface area contributed by atoms with E-state index in [1.165, 1.54) is 4.31 Å². The summed E-state index contributed by atoms with van der Waals surface area (Å²) in [6.45, 7) is 4.16. The number of hydrogen-bond donors (Lipinski definition) is 1. The first-order valence-corrected chi connectivity index (χ1v) is 9.62. The molecule has 8 heteroatoms. The lowest BCUT2D eigenvalue weighted by Gasteiger charge is -2.31. The van der Waals surface area contributed by atoms with E-state index in [1.54, 1.807) is 44.2 Å². The summed E-state index contributed by atoms with van der Waals surface area (Å²) < 4.78 is 32.0. The number of benzene rings is 1. The number of amides is 1. The Morgan fingerprint density at radius 2 is 1.84 bits per heavy atom. The number of aromatic nitrogens is 1. The van der Waals surface area contributed by atoms with E-state index in [2.05, 4.69) is 10.3 Å². The minimum Gasteiger partial charge on any atom is -0.436 e. The second kappa shape index (κ2) is 6.97. The highest BCUT2D eigenvalue weighted by Gasteiger charge is 2.30. The molecular formula is C17H21N3O4S. The van der Waals surface area contributed by atoms with Crippen LogP contribution >= 0.6 is 0 Å². The summed E-state index contributed by atoms with van der Waals surface area (Å²) in [7, 11) is -3.48. The second-order valence-corrected chi connectivity index (χ2v) is 8.05. The summed E-state index contributed by atoms with van der Waals surface area (Å²) in [5.74, 6) is 0.366. The predicted molar refractivity (Wildman–Crippen MR) is 91.7 cm³/mol. The van der Waals surface area contributed by atoms with Gasteiger partial charge in [0, 0.05) is 26.1 Å². The third-order valence-electron chi connectivity index (χ3n) is 4.28. The van der Waals surface area contributed by atoms with Gasteiger partial charge in [0.2, 0.25) is 15.8 Å². The minimum atomic E-state index is -3.48. The Bertz CT molecular complexity index is 853. The molecule has 0 atom stereocenters. The van der Waals surface area contributed by atoms with Crippen molar-refractivity contribution >= 4 is 15.9 Å². The highest BCUT2D eigenvalue weighted by Crippen LogP contribution is 2.21. The van der Waals surface area contributed by atoms with Crippen molar-refractivity contribution in [3.63, 3.8) is 0 Å². The molecule has 0 radical (unpaired) electrons. The Morgan fingerprint density at radius 1 is 1.20 bits per heavy atom. The highest BCUT2D eigenvalue weighted by atomic mass is 32.2. The Labute approximate surface area is 147 Å². The molecule has 134 valence electrons. The Kier molecular flexibility index (Phi) is 4.91. The average Bonchev–Trinajstić information content (AvgIpc) is 2.94. The maximum Gasteiger partial charge on any atom is 0.289 e. The first kappa shape index (κ1) is 17.6. The molecule has 1 aromatic heterocycles. The van der Waals surface area contributed by atoms with Gasteiger partial charge in [0.05, 0.1) is 10.6 Å². The highest BCUT2D eigenvalue weighted by molar-refractivity contribution is 7.89. The number of carbonyl (C=O) groups excluding carboxylic acids is 1. The van der Waals surface area contributed by atoms with E-state index < -0.39 is 10.0 Å². The van der Waals surface area contributed by atoms with Crippen LogP contribution in [-0.2, 0) is 10.0 Å². The number of piperidine rings is 1. The molecule has 1 saturated heterocycles. The van der Waals surface area contributed by atoms with Gasteiger partial charge in [0.25, 0.3) is 5.91 Å². The molecule has 0 bridgehead atoms. The van der Waals surface area contributed by atoms with E-state index in [1.807, 2.05) is 0 Å². The molecule has 25 heavy (non-hydrogen) atoms. The van der Waals surface area contributed by atoms with Crippen LogP contribution < -0.4 is 5.32 Å². The molecule has 0 aliphatic carbocycles. The van der Waals surface area contributed by atoms with Crippen molar-refractivity contribution in [1.29, 1.82) is 0 Å². The molecule has 3 rings (SSSR count). The van der Waals surface area contributed by atoms with E-state index in [0.717, 1.165) is 0 Å². The van der Waals surface area contributed by atoms with Crippen LogP contribution in [0.25, 0.3) is 0 Å². The zero-order valence-electron chi connectivity index (χ0n) is 14.2. The summed E-state index contributed by atoms with van der Waals surface area (Å²) in [6.07, 6.45) is 1.12. The molecular weight excluding hydrogens is 342 g/mol. The van der Waals surface area contributed by atoms with E-state index in [4.69, 9.17) is 4.42 Å². The predicted octanol–water partition coefficient (Wildman–Crippen LogP) is 1.87. The molecule has 2 heterocycles. The van der Waals surface area contributed by atoms with Gasteiger partial charge >= 0.3 is 0 Å². The molecule has 1 fully saturated rings. The number of rotatable bonds is 4. The molecule has 1 aliphatic rings. The van der Waals surface area contributed by atoms with Crippen molar-refractivity contribution < 1.29 is 17.6 Å². The van der Waals surface area contributed by atoms with Crippen LogP contribution in [-0.4, -0.2) is 42.7 Å². The smallest absolute Gasteiger partial charge is 0.289 e. The molecule has 1 aliphatic heterocycles. The Morgan fingerprint density at radius 3 is 2.40 bits per heavy atom. The fourth-order valence-corrected chi connectivity index (χ4v) is 4.47. The van der Waals surface area contributed by atoms with Gasteiger partial charge in [-0.15, -0.1) is 0 Å². The standard InChI is InChI=1S/C17H21N3O4S/c1-12-16(24-13(2)18-12)17(21)19-14-8-10-20(11-9-14)25(22,23)15-6-4-3-5-7-15/h3-7,14H,8-11H2,1-2H3,(H,19,21). The largest absolute Gasteiger partial charge is 0.436 e. The number of nitrogens with zero attached hydrogens (tertiary/aromatic N) is 2. The third-order valence-corrected chi connectivity index (χ3v) is 6.19. The normalized spacial score (nSPS) is 16.7. The van der Waals surface area contributed by atoms with Gasteiger partial charge in [-0.25, -0.2) is 13.4 Å². The van der Waals surface area contributed by atoms with Gasteiger partial charge in [0.1, 0.15) is 0 Å². The fourth-order valence-electron chi connectivity index (χ4n) is 2.97. The van der Waals surface area contributed by atoms with Crippen molar-refractivity contribution in [2.24, 2.45) is 0 Å². The van der Waals surface area contributed by atoms with E-state index in [-0.39, 0.29) is 17.7 Å². The maximum atomic E-state index is 12.6. The fraction of sp³-hybridized carbons (Fsp3) is 0.412. The van der Waals surface area contributed by atoms with E-state index >= 15 is 0 Å². The molecule has 0 saturated carbocycles. The third kappa shape index (κ3) is 3.74. The topological polar surface area (TPSA) is 92.5 Å². The average molecular weight is 363 g/mol. The van der Waals surface area contributed by atoms with Gasteiger partial charge in [0.15, 0.2) is 5.89 Å². The second-order valence-electron chi connectivity index (χ2n) is 6.11. The van der Waals surface area contributed by atoms with Crippen molar-refractivity contribution in [1.82, 2.24) is 14.6 Å². The summed E-state index contributed by atoms with van der Waals surface area (Å²) in [5.41, 5.74) is 0.555. The first-order chi connectivity index (χ1) is 11.9. The SMILES string of the molecule is Cc1nc(C)c(C(=O)NC2CCN(S(=O)(=O)c3ccccc3)CC2)o1. The maximum absolute atomic E-state index is 12.6. The first-order valence-electron chi connectivity index (χ1n) is 8.18. The van der Waals surface area contributed by atoms with E-state index in [9.17, 15) is 13.2 Å². The van der Waals surface area contributed by atoms with Crippen LogP contribution in [0.5, 0.6) is 0 Å². The Hall–Kier alpha value is -2.19. The lowest BCUT2D eigenvalue weighted by atomic mass is 10.1. The van der Waals surface area contributed by atoms with E-state index in [0.29, 0.717) is 42.4 Å². The lowest BCUT2D eigenvalue weighted by molar-refractivity contribution is 0.0893. The summed E-state index contributed by atoms with van der Waals surface area (Å²) in [4.78, 5) is 16.7. The number of nitrogens with one attached hydrogen (secondary N) is 1. The zero-order valence-corrected chi connectivity index (χ0v) is 15.0. The van der Waals surface area contributed by atoms with Crippen LogP contribution in [0.3, 0.4) is 0 Å². The van der Waals surface area contributed by atoms with Crippen LogP contribution in [0.15, 0.2) is 39.6 Å². The van der Waals surface area contributed by atoms with Crippen molar-refractivity contribution in [3.8, 4) is 0 Å². The van der Waals surface area contributed by atoms with Crippen molar-refractivity contribution in [2.75, 3.05) is 13.1 Å². The van der Waals surface area contributed by atoms with Crippen molar-refractivity contribution in [3.05, 3.63) is 47.7 Å². The molecule has 1 amide bonds. The molecule has 0 unspecified atom stereocenters. The molecule has 1 N–H and O–H groups in total. The monoisotopic (exact) mass is 363 g/mol. The number of sulfonamides is 1. The van der Waals surface area contributed by atoms with Gasteiger partial charge in [-0.05, 0) is 31.9 Å².